The highest BCUT2D eigenvalue weighted by molar-refractivity contribution is 5.92. The first-order chi connectivity index (χ1) is 11.9. The summed E-state index contributed by atoms with van der Waals surface area (Å²) < 4.78 is 18.6. The van der Waals surface area contributed by atoms with Crippen molar-refractivity contribution < 1.29 is 19.0 Å². The SMILES string of the molecule is CC[C@H](C)Oc1cc2nc(C34COC(C)(C3)C4)cn2cc1C(=O)OC. The Morgan fingerprint density at radius 1 is 1.44 bits per heavy atom. The van der Waals surface area contributed by atoms with Crippen LogP contribution >= 0.6 is 0 Å². The predicted molar refractivity (Wildman–Crippen MR) is 92.2 cm³/mol. The van der Waals surface area contributed by atoms with E-state index >= 15 is 0 Å². The molecule has 0 amide bonds. The zero-order valence-corrected chi connectivity index (χ0v) is 15.2. The Morgan fingerprint density at radius 2 is 2.20 bits per heavy atom. The summed E-state index contributed by atoms with van der Waals surface area (Å²) in [5.74, 6) is 0.110. The summed E-state index contributed by atoms with van der Waals surface area (Å²) in [4.78, 5) is 17.0. The maximum Gasteiger partial charge on any atom is 0.343 e. The van der Waals surface area contributed by atoms with E-state index in [1.807, 2.05) is 30.5 Å². The van der Waals surface area contributed by atoms with Crippen LogP contribution in [0.2, 0.25) is 0 Å². The van der Waals surface area contributed by atoms with Crippen LogP contribution in [0.3, 0.4) is 0 Å². The normalized spacial score (nSPS) is 28.6. The highest BCUT2D eigenvalue weighted by atomic mass is 16.5. The van der Waals surface area contributed by atoms with Gasteiger partial charge in [-0.2, -0.15) is 0 Å². The van der Waals surface area contributed by atoms with Gasteiger partial charge in [-0.1, -0.05) is 6.92 Å². The number of methoxy groups -OCH3 is 1. The average molecular weight is 344 g/mol. The molecule has 25 heavy (non-hydrogen) atoms. The third-order valence-electron chi connectivity index (χ3n) is 5.53. The van der Waals surface area contributed by atoms with Gasteiger partial charge in [-0.3, -0.25) is 0 Å². The molecule has 0 unspecified atom stereocenters. The summed E-state index contributed by atoms with van der Waals surface area (Å²) in [7, 11) is 1.38. The summed E-state index contributed by atoms with van der Waals surface area (Å²) >= 11 is 0. The van der Waals surface area contributed by atoms with Crippen molar-refractivity contribution in [3.05, 3.63) is 29.7 Å². The molecule has 0 spiro atoms. The summed E-state index contributed by atoms with van der Waals surface area (Å²) in [5.41, 5.74) is 2.24. The molecule has 134 valence electrons. The molecule has 1 aliphatic carbocycles. The first-order valence-electron chi connectivity index (χ1n) is 8.80. The van der Waals surface area contributed by atoms with Crippen LogP contribution in [0.15, 0.2) is 18.5 Å². The summed E-state index contributed by atoms with van der Waals surface area (Å²) in [6.45, 7) is 6.89. The minimum Gasteiger partial charge on any atom is -0.490 e. The van der Waals surface area contributed by atoms with E-state index in [1.165, 1.54) is 7.11 Å². The summed E-state index contributed by atoms with van der Waals surface area (Å²) in [5, 5.41) is 0. The Labute approximate surface area is 147 Å². The number of nitrogens with zero attached hydrogens (tertiary/aromatic N) is 2. The Kier molecular flexibility index (Phi) is 3.58. The molecule has 0 radical (unpaired) electrons. The molecule has 0 aromatic carbocycles. The standard InChI is InChI=1S/C19H24N2O4/c1-5-12(2)25-14-6-16-20-15(19-9-18(3,10-19)24-11-19)8-21(16)7-13(14)17(22)23-4/h6-8,12H,5,9-11H2,1-4H3/t12-,18?,19?/m0/s1. The highest BCUT2D eigenvalue weighted by Crippen LogP contribution is 2.58. The second-order valence-electron chi connectivity index (χ2n) is 7.64. The quantitative estimate of drug-likeness (QED) is 0.780. The topological polar surface area (TPSA) is 62.1 Å². The zero-order chi connectivity index (χ0) is 17.8. The minimum absolute atomic E-state index is 0.00875. The van der Waals surface area contributed by atoms with Gasteiger partial charge in [0.05, 0.1) is 31.1 Å². The van der Waals surface area contributed by atoms with Gasteiger partial charge >= 0.3 is 5.97 Å². The smallest absolute Gasteiger partial charge is 0.343 e. The van der Waals surface area contributed by atoms with Crippen molar-refractivity contribution in [3.8, 4) is 5.75 Å². The van der Waals surface area contributed by atoms with Crippen molar-refractivity contribution in [2.24, 2.45) is 0 Å². The second-order valence-corrected chi connectivity index (χ2v) is 7.64. The van der Waals surface area contributed by atoms with E-state index < -0.39 is 5.97 Å². The molecule has 2 bridgehead atoms. The molecule has 1 atom stereocenters. The summed E-state index contributed by atoms with van der Waals surface area (Å²) in [6.07, 6.45) is 6.62. The van der Waals surface area contributed by atoms with E-state index in [2.05, 4.69) is 6.92 Å². The fourth-order valence-electron chi connectivity index (χ4n) is 4.08. The van der Waals surface area contributed by atoms with E-state index in [1.54, 1.807) is 6.20 Å². The van der Waals surface area contributed by atoms with Gasteiger partial charge in [-0.25, -0.2) is 9.78 Å². The number of ether oxygens (including phenoxy) is 3. The molecule has 5 rings (SSSR count). The first kappa shape index (κ1) is 16.4. The van der Waals surface area contributed by atoms with Crippen LogP contribution in [0.1, 0.15) is 56.1 Å². The monoisotopic (exact) mass is 344 g/mol. The second kappa shape index (κ2) is 5.46. The molecular weight excluding hydrogens is 320 g/mol. The lowest BCUT2D eigenvalue weighted by Crippen LogP contribution is -2.45. The van der Waals surface area contributed by atoms with E-state index in [0.717, 1.165) is 30.6 Å². The van der Waals surface area contributed by atoms with Crippen molar-refractivity contribution in [1.29, 1.82) is 0 Å². The molecule has 3 fully saturated rings. The molecule has 2 aromatic rings. The van der Waals surface area contributed by atoms with Gasteiger partial charge in [-0.15, -0.1) is 0 Å². The number of imidazole rings is 1. The van der Waals surface area contributed by atoms with Crippen LogP contribution in [0, 0.1) is 0 Å². The van der Waals surface area contributed by atoms with E-state index in [-0.39, 0.29) is 17.1 Å². The van der Waals surface area contributed by atoms with Crippen molar-refractivity contribution in [3.63, 3.8) is 0 Å². The molecule has 2 aromatic heterocycles. The number of pyridine rings is 1. The average Bonchev–Trinajstić information content (AvgIpc) is 3.23. The van der Waals surface area contributed by atoms with Crippen LogP contribution in [-0.2, 0) is 14.9 Å². The van der Waals surface area contributed by atoms with Gasteiger partial charge < -0.3 is 18.6 Å². The van der Waals surface area contributed by atoms with Crippen molar-refractivity contribution in [2.75, 3.05) is 13.7 Å². The van der Waals surface area contributed by atoms with Crippen molar-refractivity contribution >= 4 is 11.6 Å². The third kappa shape index (κ3) is 2.51. The lowest BCUT2D eigenvalue weighted by atomic mass is 9.62. The lowest BCUT2D eigenvalue weighted by Gasteiger charge is -2.41. The molecule has 6 nitrogen and oxygen atoms in total. The van der Waals surface area contributed by atoms with Gasteiger partial charge in [0, 0.05) is 23.9 Å². The maximum absolute atomic E-state index is 12.2. The van der Waals surface area contributed by atoms with Gasteiger partial charge in [0.25, 0.3) is 0 Å². The number of aromatic nitrogens is 2. The Balaban J connectivity index is 1.76. The Hall–Kier alpha value is -2.08. The van der Waals surface area contributed by atoms with Crippen molar-refractivity contribution in [1.82, 2.24) is 9.38 Å². The Bertz CT molecular complexity index is 835. The largest absolute Gasteiger partial charge is 0.490 e. The fraction of sp³-hybridized carbons (Fsp3) is 0.579. The predicted octanol–water partition coefficient (Wildman–Crippen LogP) is 3.12. The molecule has 6 heteroatoms. The highest BCUT2D eigenvalue weighted by Gasteiger charge is 2.61. The van der Waals surface area contributed by atoms with Crippen molar-refractivity contribution in [2.45, 2.75) is 57.2 Å². The Morgan fingerprint density at radius 3 is 2.80 bits per heavy atom. The molecule has 2 saturated heterocycles. The number of hydrogen-bond acceptors (Lipinski definition) is 5. The molecule has 0 N–H and O–H groups in total. The van der Waals surface area contributed by atoms with E-state index in [9.17, 15) is 4.79 Å². The zero-order valence-electron chi connectivity index (χ0n) is 15.2. The van der Waals surface area contributed by atoms with Gasteiger partial charge in [-0.05, 0) is 33.1 Å². The number of rotatable bonds is 5. The number of carbonyl (C=O) groups is 1. The van der Waals surface area contributed by atoms with Crippen LogP contribution in [0.25, 0.3) is 5.65 Å². The number of fused-ring (bicyclic) bond motifs is 2. The van der Waals surface area contributed by atoms with E-state index in [0.29, 0.717) is 17.9 Å². The maximum atomic E-state index is 12.2. The minimum atomic E-state index is -0.408. The van der Waals surface area contributed by atoms with Gasteiger partial charge in [0.15, 0.2) is 0 Å². The van der Waals surface area contributed by atoms with Crippen LogP contribution in [0.5, 0.6) is 5.75 Å². The van der Waals surface area contributed by atoms with Gasteiger partial charge in [0.2, 0.25) is 0 Å². The number of esters is 1. The molecule has 1 saturated carbocycles. The van der Waals surface area contributed by atoms with Crippen LogP contribution < -0.4 is 4.74 Å². The van der Waals surface area contributed by atoms with Crippen LogP contribution in [0.4, 0.5) is 0 Å². The first-order valence-corrected chi connectivity index (χ1v) is 8.80. The van der Waals surface area contributed by atoms with Gasteiger partial charge in [0.1, 0.15) is 17.0 Å². The molecule has 4 heterocycles. The number of hydrogen-bond donors (Lipinski definition) is 0. The van der Waals surface area contributed by atoms with E-state index in [4.69, 9.17) is 19.2 Å². The number of carbonyl (C=O) groups excluding carboxylic acids is 1. The summed E-state index contributed by atoms with van der Waals surface area (Å²) in [6, 6.07) is 1.83. The molecule has 2 aliphatic heterocycles. The lowest BCUT2D eigenvalue weighted by molar-refractivity contribution is 0.0154. The molecular formula is C19H24N2O4. The fourth-order valence-corrected chi connectivity index (χ4v) is 4.08. The third-order valence-corrected chi connectivity index (χ3v) is 5.53. The molecule has 3 aliphatic rings. The van der Waals surface area contributed by atoms with Crippen LogP contribution in [-0.4, -0.2) is 40.8 Å².